The Hall–Kier alpha value is -2.38. The van der Waals surface area contributed by atoms with Gasteiger partial charge in [-0.25, -0.2) is 8.42 Å². The second kappa shape index (κ2) is 9.41. The average molecular weight is 417 g/mol. The fraction of sp³-hybridized carbons (Fsp3) is 0.409. The first kappa shape index (κ1) is 21.3. The molecule has 0 atom stereocenters. The molecule has 0 saturated carbocycles. The number of benzene rings is 2. The van der Waals surface area contributed by atoms with Crippen molar-refractivity contribution < 1.29 is 17.9 Å². The first-order valence-corrected chi connectivity index (χ1v) is 11.4. The Morgan fingerprint density at radius 2 is 1.83 bits per heavy atom. The van der Waals surface area contributed by atoms with Gasteiger partial charge in [0.25, 0.3) is 5.91 Å². The lowest BCUT2D eigenvalue weighted by atomic mass is 10.0. The summed E-state index contributed by atoms with van der Waals surface area (Å²) < 4.78 is 32.9. The van der Waals surface area contributed by atoms with Gasteiger partial charge in [-0.1, -0.05) is 30.7 Å². The lowest BCUT2D eigenvalue weighted by Gasteiger charge is -2.29. The van der Waals surface area contributed by atoms with Gasteiger partial charge in [0.1, 0.15) is 12.4 Å². The monoisotopic (exact) mass is 416 g/mol. The number of amides is 1. The van der Waals surface area contributed by atoms with Crippen molar-refractivity contribution in [1.29, 1.82) is 0 Å². The number of nitrogens with zero attached hydrogens (tertiary/aromatic N) is 1. The second-order valence-corrected chi connectivity index (χ2v) is 9.47. The Bertz CT molecular complexity index is 934. The first-order valence-electron chi connectivity index (χ1n) is 9.94. The van der Waals surface area contributed by atoms with Crippen LogP contribution in [0.5, 0.6) is 5.75 Å². The quantitative estimate of drug-likeness (QED) is 0.703. The fourth-order valence-electron chi connectivity index (χ4n) is 3.24. The van der Waals surface area contributed by atoms with E-state index in [1.54, 1.807) is 18.2 Å². The van der Waals surface area contributed by atoms with Crippen LogP contribution in [0.1, 0.15) is 35.7 Å². The summed E-state index contributed by atoms with van der Waals surface area (Å²) in [6.45, 7) is 5.85. The zero-order valence-corrected chi connectivity index (χ0v) is 17.7. The van der Waals surface area contributed by atoms with Crippen molar-refractivity contribution in [2.24, 2.45) is 5.92 Å². The molecule has 156 valence electrons. The third-order valence-corrected chi connectivity index (χ3v) is 7.05. The van der Waals surface area contributed by atoms with Crippen molar-refractivity contribution in [1.82, 2.24) is 9.62 Å². The maximum absolute atomic E-state index is 12.9. The van der Waals surface area contributed by atoms with Crippen LogP contribution >= 0.6 is 0 Å². The highest BCUT2D eigenvalue weighted by Crippen LogP contribution is 2.24. The van der Waals surface area contributed by atoms with Crippen LogP contribution in [0.2, 0.25) is 0 Å². The summed E-state index contributed by atoms with van der Waals surface area (Å²) in [5, 5.41) is 2.77. The predicted octanol–water partition coefficient (Wildman–Crippen LogP) is 3.22. The van der Waals surface area contributed by atoms with E-state index in [1.807, 2.05) is 31.2 Å². The molecule has 0 spiro atoms. The molecule has 0 radical (unpaired) electrons. The summed E-state index contributed by atoms with van der Waals surface area (Å²) in [5.41, 5.74) is 1.48. The highest BCUT2D eigenvalue weighted by atomic mass is 32.2. The smallest absolute Gasteiger partial charge is 0.251 e. The molecule has 6 nitrogen and oxygen atoms in total. The Balaban J connectivity index is 1.56. The van der Waals surface area contributed by atoms with Crippen LogP contribution in [0.15, 0.2) is 53.4 Å². The second-order valence-electron chi connectivity index (χ2n) is 7.53. The molecule has 3 rings (SSSR count). The van der Waals surface area contributed by atoms with E-state index in [-0.39, 0.29) is 10.8 Å². The van der Waals surface area contributed by atoms with E-state index in [9.17, 15) is 13.2 Å². The van der Waals surface area contributed by atoms with Gasteiger partial charge in [-0.2, -0.15) is 4.31 Å². The van der Waals surface area contributed by atoms with Crippen LogP contribution < -0.4 is 10.1 Å². The molecule has 1 N–H and O–H groups in total. The maximum Gasteiger partial charge on any atom is 0.251 e. The van der Waals surface area contributed by atoms with Gasteiger partial charge in [-0.05, 0) is 56.0 Å². The molecule has 1 heterocycles. The van der Waals surface area contributed by atoms with Crippen LogP contribution in [-0.2, 0) is 10.0 Å². The van der Waals surface area contributed by atoms with E-state index in [4.69, 9.17) is 4.74 Å². The molecule has 1 aliphatic heterocycles. The minimum absolute atomic E-state index is 0.163. The number of piperidine rings is 1. The van der Waals surface area contributed by atoms with Gasteiger partial charge in [0.2, 0.25) is 10.0 Å². The summed E-state index contributed by atoms with van der Waals surface area (Å²) in [7, 11) is -3.58. The normalized spacial score (nSPS) is 15.8. The van der Waals surface area contributed by atoms with Crippen molar-refractivity contribution in [2.45, 2.75) is 31.6 Å². The lowest BCUT2D eigenvalue weighted by molar-refractivity contribution is 0.0947. The summed E-state index contributed by atoms with van der Waals surface area (Å²) in [4.78, 5) is 12.6. The van der Waals surface area contributed by atoms with Gasteiger partial charge in [0, 0.05) is 18.7 Å². The molecule has 2 aromatic carbocycles. The molecule has 0 unspecified atom stereocenters. The average Bonchev–Trinajstić information content (AvgIpc) is 2.73. The SMILES string of the molecule is Cc1ccc(OCCNC(=O)c2cccc(S(=O)(=O)N3CCC(C)CC3)c2)cc1. The number of carbonyl (C=O) groups is 1. The van der Waals surface area contributed by atoms with Crippen molar-refractivity contribution >= 4 is 15.9 Å². The number of carbonyl (C=O) groups excluding carboxylic acids is 1. The summed E-state index contributed by atoms with van der Waals surface area (Å²) >= 11 is 0. The standard InChI is InChI=1S/C22H28N2O4S/c1-17-6-8-20(9-7-17)28-15-12-23-22(25)19-4-3-5-21(16-19)29(26,27)24-13-10-18(2)11-14-24/h3-9,16,18H,10-15H2,1-2H3,(H,23,25). The molecule has 0 bridgehead atoms. The van der Waals surface area contributed by atoms with Gasteiger partial charge in [0.15, 0.2) is 0 Å². The van der Waals surface area contributed by atoms with Gasteiger partial charge in [0.05, 0.1) is 11.4 Å². The molecular weight excluding hydrogens is 388 g/mol. The highest BCUT2D eigenvalue weighted by Gasteiger charge is 2.28. The van der Waals surface area contributed by atoms with Crippen LogP contribution in [0.3, 0.4) is 0 Å². The number of ether oxygens (including phenoxy) is 1. The number of hydrogen-bond acceptors (Lipinski definition) is 4. The molecule has 2 aromatic rings. The van der Waals surface area contributed by atoms with E-state index >= 15 is 0 Å². The van der Waals surface area contributed by atoms with Crippen molar-refractivity contribution in [3.05, 3.63) is 59.7 Å². The largest absolute Gasteiger partial charge is 0.492 e. The zero-order chi connectivity index (χ0) is 20.9. The van der Waals surface area contributed by atoms with E-state index in [2.05, 4.69) is 12.2 Å². The van der Waals surface area contributed by atoms with Crippen LogP contribution in [-0.4, -0.2) is 44.9 Å². The van der Waals surface area contributed by atoms with E-state index in [1.165, 1.54) is 10.4 Å². The number of sulfonamides is 1. The number of aryl methyl sites for hydroxylation is 1. The third kappa shape index (κ3) is 5.58. The van der Waals surface area contributed by atoms with Crippen molar-refractivity contribution in [3.8, 4) is 5.75 Å². The highest BCUT2D eigenvalue weighted by molar-refractivity contribution is 7.89. The summed E-state index contributed by atoms with van der Waals surface area (Å²) in [5.74, 6) is 0.969. The molecule has 1 saturated heterocycles. The minimum atomic E-state index is -3.58. The van der Waals surface area contributed by atoms with Crippen LogP contribution in [0, 0.1) is 12.8 Å². The molecular formula is C22H28N2O4S. The first-order chi connectivity index (χ1) is 13.9. The van der Waals surface area contributed by atoms with Gasteiger partial charge < -0.3 is 10.1 Å². The molecule has 1 aliphatic rings. The third-order valence-electron chi connectivity index (χ3n) is 5.15. The summed E-state index contributed by atoms with van der Waals surface area (Å²) in [6.07, 6.45) is 1.72. The topological polar surface area (TPSA) is 75.7 Å². The van der Waals surface area contributed by atoms with Crippen LogP contribution in [0.25, 0.3) is 0 Å². The molecule has 29 heavy (non-hydrogen) atoms. The number of nitrogens with one attached hydrogen (secondary N) is 1. The zero-order valence-electron chi connectivity index (χ0n) is 16.9. The molecule has 7 heteroatoms. The van der Waals surface area contributed by atoms with Crippen molar-refractivity contribution in [2.75, 3.05) is 26.2 Å². The molecule has 1 fully saturated rings. The Morgan fingerprint density at radius 1 is 1.14 bits per heavy atom. The van der Waals surface area contributed by atoms with E-state index in [0.29, 0.717) is 37.7 Å². The fourth-order valence-corrected chi connectivity index (χ4v) is 4.76. The van der Waals surface area contributed by atoms with Gasteiger partial charge in [-0.3, -0.25) is 4.79 Å². The molecule has 0 aliphatic carbocycles. The van der Waals surface area contributed by atoms with Gasteiger partial charge >= 0.3 is 0 Å². The number of hydrogen-bond donors (Lipinski definition) is 1. The van der Waals surface area contributed by atoms with Crippen molar-refractivity contribution in [3.63, 3.8) is 0 Å². The predicted molar refractivity (Wildman–Crippen MR) is 113 cm³/mol. The molecule has 0 aromatic heterocycles. The minimum Gasteiger partial charge on any atom is -0.492 e. The van der Waals surface area contributed by atoms with E-state index in [0.717, 1.165) is 24.2 Å². The number of rotatable bonds is 7. The van der Waals surface area contributed by atoms with E-state index < -0.39 is 10.0 Å². The Kier molecular flexibility index (Phi) is 6.92. The Labute approximate surface area is 172 Å². The van der Waals surface area contributed by atoms with Crippen LogP contribution in [0.4, 0.5) is 0 Å². The maximum atomic E-state index is 12.9. The molecule has 1 amide bonds. The summed E-state index contributed by atoms with van der Waals surface area (Å²) in [6, 6.07) is 13.9. The lowest BCUT2D eigenvalue weighted by Crippen LogP contribution is -2.38. The Morgan fingerprint density at radius 3 is 2.52 bits per heavy atom. The van der Waals surface area contributed by atoms with Gasteiger partial charge in [-0.15, -0.1) is 0 Å².